The summed E-state index contributed by atoms with van der Waals surface area (Å²) in [6, 6.07) is 59.5. The van der Waals surface area contributed by atoms with Crippen molar-refractivity contribution >= 4 is 44.0 Å². The lowest BCUT2D eigenvalue weighted by atomic mass is 9.78. The van der Waals surface area contributed by atoms with Crippen LogP contribution in [0.15, 0.2) is 169 Å². The van der Waals surface area contributed by atoms with Gasteiger partial charge in [-0.25, -0.2) is 0 Å². The van der Waals surface area contributed by atoms with Crippen molar-refractivity contribution in [3.8, 4) is 5.69 Å². The molecule has 2 nitrogen and oxygen atoms in total. The van der Waals surface area contributed by atoms with Crippen LogP contribution in [-0.2, 0) is 5.41 Å². The Morgan fingerprint density at radius 3 is 1.96 bits per heavy atom. The summed E-state index contributed by atoms with van der Waals surface area (Å²) in [6.45, 7) is 4.65. The highest BCUT2D eigenvalue weighted by Gasteiger charge is 2.39. The van der Waals surface area contributed by atoms with Crippen molar-refractivity contribution in [2.24, 2.45) is 4.99 Å². The number of nitrogens with zero attached hydrogens (tertiary/aromatic N) is 2. The first kappa shape index (κ1) is 27.6. The zero-order valence-corrected chi connectivity index (χ0v) is 26.6. The number of benzene rings is 7. The molecule has 7 aromatic carbocycles. The first-order valence-electron chi connectivity index (χ1n) is 16.4. The fourth-order valence-electron chi connectivity index (χ4n) is 7.85. The standard InChI is InChI=1S/C45H34N2/c1-45(2)42-39(46-44(45)33-16-7-4-8-17-33)28-27-38-37-19-11-12-20-40(37)47(43(38)42)36-25-23-32(24-26-36)41(31-14-5-3-6-15-31)35-22-21-30-13-9-10-18-34(30)29-35/h3-29,41H,1-2H3. The van der Waals surface area contributed by atoms with Gasteiger partial charge in [0.15, 0.2) is 0 Å². The molecule has 8 aromatic rings. The van der Waals surface area contributed by atoms with Gasteiger partial charge in [0.05, 0.1) is 22.4 Å². The van der Waals surface area contributed by atoms with Crippen LogP contribution in [0.1, 0.15) is 47.6 Å². The average Bonchev–Trinajstić information content (AvgIpc) is 3.60. The van der Waals surface area contributed by atoms with Gasteiger partial charge in [-0.2, -0.15) is 0 Å². The molecule has 2 heterocycles. The van der Waals surface area contributed by atoms with Crippen molar-refractivity contribution in [2.75, 3.05) is 0 Å². The molecule has 0 fully saturated rings. The van der Waals surface area contributed by atoms with Gasteiger partial charge in [0.2, 0.25) is 0 Å². The lowest BCUT2D eigenvalue weighted by Gasteiger charge is -2.25. The van der Waals surface area contributed by atoms with E-state index in [1.54, 1.807) is 0 Å². The average molecular weight is 603 g/mol. The Morgan fingerprint density at radius 2 is 1.17 bits per heavy atom. The number of para-hydroxylation sites is 1. The van der Waals surface area contributed by atoms with Crippen LogP contribution >= 0.6 is 0 Å². The highest BCUT2D eigenvalue weighted by molar-refractivity contribution is 6.19. The third-order valence-electron chi connectivity index (χ3n) is 10.0. The lowest BCUT2D eigenvalue weighted by molar-refractivity contribution is 0.741. The van der Waals surface area contributed by atoms with E-state index in [-0.39, 0.29) is 11.3 Å². The van der Waals surface area contributed by atoms with Crippen LogP contribution in [0.25, 0.3) is 38.3 Å². The van der Waals surface area contributed by atoms with Crippen LogP contribution in [0, 0.1) is 0 Å². The van der Waals surface area contributed by atoms with Gasteiger partial charge in [-0.15, -0.1) is 0 Å². The largest absolute Gasteiger partial charge is 0.309 e. The fraction of sp³-hybridized carbons (Fsp3) is 0.0889. The van der Waals surface area contributed by atoms with Crippen molar-refractivity contribution in [3.63, 3.8) is 0 Å². The molecular formula is C45H34N2. The third kappa shape index (κ3) is 4.36. The molecule has 1 aromatic heterocycles. The Labute approximate surface area is 275 Å². The first-order valence-corrected chi connectivity index (χ1v) is 16.4. The molecule has 1 aliphatic rings. The highest BCUT2D eigenvalue weighted by atomic mass is 15.0. The van der Waals surface area contributed by atoms with Crippen LogP contribution in [0.5, 0.6) is 0 Å². The Hall–Kier alpha value is -5.73. The molecule has 1 unspecified atom stereocenters. The maximum absolute atomic E-state index is 5.26. The summed E-state index contributed by atoms with van der Waals surface area (Å²) >= 11 is 0. The van der Waals surface area contributed by atoms with E-state index in [0.29, 0.717) is 0 Å². The molecule has 0 aliphatic carbocycles. The predicted octanol–water partition coefficient (Wildman–Crippen LogP) is 11.5. The topological polar surface area (TPSA) is 17.3 Å². The summed E-state index contributed by atoms with van der Waals surface area (Å²) in [5, 5.41) is 5.05. The molecule has 0 spiro atoms. The minimum atomic E-state index is -0.267. The Bertz CT molecular complexity index is 2470. The summed E-state index contributed by atoms with van der Waals surface area (Å²) in [4.78, 5) is 5.26. The fourth-order valence-corrected chi connectivity index (χ4v) is 7.85. The lowest BCUT2D eigenvalue weighted by Crippen LogP contribution is -2.27. The van der Waals surface area contributed by atoms with Gasteiger partial charge in [-0.1, -0.05) is 140 Å². The minimum absolute atomic E-state index is 0.123. The summed E-state index contributed by atoms with van der Waals surface area (Å²) in [5.41, 5.74) is 11.8. The summed E-state index contributed by atoms with van der Waals surface area (Å²) in [5.74, 6) is 0.123. The smallest absolute Gasteiger partial charge is 0.0696 e. The monoisotopic (exact) mass is 602 g/mol. The molecule has 0 radical (unpaired) electrons. The van der Waals surface area contributed by atoms with E-state index in [4.69, 9.17) is 4.99 Å². The number of hydrogen-bond donors (Lipinski definition) is 0. The van der Waals surface area contributed by atoms with Crippen LogP contribution < -0.4 is 0 Å². The van der Waals surface area contributed by atoms with E-state index in [1.165, 1.54) is 60.4 Å². The second-order valence-electron chi connectivity index (χ2n) is 13.2. The number of hydrogen-bond acceptors (Lipinski definition) is 1. The van der Waals surface area contributed by atoms with Gasteiger partial charge < -0.3 is 4.57 Å². The van der Waals surface area contributed by atoms with Crippen molar-refractivity contribution in [1.29, 1.82) is 0 Å². The third-order valence-corrected chi connectivity index (χ3v) is 10.0. The number of aliphatic imine (C=N–C) groups is 1. The molecule has 0 saturated carbocycles. The van der Waals surface area contributed by atoms with Crippen LogP contribution in [0.4, 0.5) is 5.69 Å². The van der Waals surface area contributed by atoms with Gasteiger partial charge in [-0.3, -0.25) is 4.99 Å². The Morgan fingerprint density at radius 1 is 0.532 bits per heavy atom. The van der Waals surface area contributed by atoms with Crippen molar-refractivity contribution in [3.05, 3.63) is 192 Å². The maximum Gasteiger partial charge on any atom is 0.0696 e. The normalized spacial score (nSPS) is 14.4. The molecule has 1 aliphatic heterocycles. The second-order valence-corrected chi connectivity index (χ2v) is 13.2. The molecule has 0 bridgehead atoms. The van der Waals surface area contributed by atoms with Gasteiger partial charge in [-0.05, 0) is 71.1 Å². The SMILES string of the molecule is CC1(C)C(c2ccccc2)=Nc2ccc3c4ccccc4n(-c4ccc(C(c5ccccc5)c5ccc6ccccc6c5)cc4)c3c21. The molecule has 1 atom stereocenters. The maximum atomic E-state index is 5.26. The molecule has 2 heteroatoms. The van der Waals surface area contributed by atoms with E-state index in [9.17, 15) is 0 Å². The number of rotatable bonds is 5. The van der Waals surface area contributed by atoms with Gasteiger partial charge in [0.1, 0.15) is 0 Å². The van der Waals surface area contributed by atoms with E-state index in [0.717, 1.165) is 17.1 Å². The van der Waals surface area contributed by atoms with E-state index in [1.807, 2.05) is 0 Å². The highest BCUT2D eigenvalue weighted by Crippen LogP contribution is 2.48. The van der Waals surface area contributed by atoms with E-state index >= 15 is 0 Å². The molecule has 0 amide bonds. The predicted molar refractivity (Wildman–Crippen MR) is 198 cm³/mol. The molecule has 0 saturated heterocycles. The quantitative estimate of drug-likeness (QED) is 0.174. The molecular weight excluding hydrogens is 569 g/mol. The van der Waals surface area contributed by atoms with Gasteiger partial charge in [0.25, 0.3) is 0 Å². The number of fused-ring (bicyclic) bond motifs is 6. The van der Waals surface area contributed by atoms with Crippen molar-refractivity contribution in [1.82, 2.24) is 4.57 Å². The Balaban J connectivity index is 1.22. The second kappa shape index (κ2) is 10.7. The van der Waals surface area contributed by atoms with Gasteiger partial charge >= 0.3 is 0 Å². The van der Waals surface area contributed by atoms with Crippen LogP contribution in [0.3, 0.4) is 0 Å². The van der Waals surface area contributed by atoms with E-state index < -0.39 is 0 Å². The summed E-state index contributed by atoms with van der Waals surface area (Å²) < 4.78 is 2.46. The van der Waals surface area contributed by atoms with Crippen molar-refractivity contribution < 1.29 is 0 Å². The minimum Gasteiger partial charge on any atom is -0.309 e. The Kier molecular flexibility index (Phi) is 6.26. The van der Waals surface area contributed by atoms with Crippen molar-refractivity contribution in [2.45, 2.75) is 25.2 Å². The first-order chi connectivity index (χ1) is 23.1. The molecule has 47 heavy (non-hydrogen) atoms. The van der Waals surface area contributed by atoms with Crippen LogP contribution in [-0.4, -0.2) is 10.3 Å². The number of aromatic nitrogens is 1. The zero-order valence-electron chi connectivity index (χ0n) is 26.6. The molecule has 0 N–H and O–H groups in total. The molecule has 9 rings (SSSR count). The zero-order chi connectivity index (χ0) is 31.5. The van der Waals surface area contributed by atoms with Gasteiger partial charge in [0, 0.05) is 33.4 Å². The summed E-state index contributed by atoms with van der Waals surface area (Å²) in [7, 11) is 0. The van der Waals surface area contributed by atoms with Crippen LogP contribution in [0.2, 0.25) is 0 Å². The summed E-state index contributed by atoms with van der Waals surface area (Å²) in [6.07, 6.45) is 0. The van der Waals surface area contributed by atoms with E-state index in [2.05, 4.69) is 182 Å². The molecule has 224 valence electrons.